The molecule has 0 fully saturated rings. The summed E-state index contributed by atoms with van der Waals surface area (Å²) in [6, 6.07) is 9.33. The Kier molecular flexibility index (Phi) is 4.40. The van der Waals surface area contributed by atoms with Crippen LogP contribution in [0, 0.1) is 0 Å². The van der Waals surface area contributed by atoms with E-state index in [1.807, 2.05) is 36.6 Å². The second kappa shape index (κ2) is 7.09. The Balaban J connectivity index is 1.47. The predicted molar refractivity (Wildman–Crippen MR) is 115 cm³/mol. The maximum Gasteiger partial charge on any atom is 0.260 e. The van der Waals surface area contributed by atoms with Crippen molar-refractivity contribution in [2.24, 2.45) is 0 Å². The minimum absolute atomic E-state index is 0.0938. The summed E-state index contributed by atoms with van der Waals surface area (Å²) < 4.78 is 10.7. The molecule has 0 spiro atoms. The van der Waals surface area contributed by atoms with Gasteiger partial charge in [0.25, 0.3) is 5.56 Å². The van der Waals surface area contributed by atoms with Crippen LogP contribution in [0.4, 0.5) is 0 Å². The lowest BCUT2D eigenvalue weighted by molar-refractivity contribution is 0.415. The van der Waals surface area contributed by atoms with E-state index < -0.39 is 0 Å². The number of aromatic amines is 2. The standard InChI is InChI=1S/C20H16N4O3S2/c1-10(29-20-21-13-6-5-11(26-2)8-14(13)22-20)17-23-18(25)16-12(9-28-19(16)24-17)15-4-3-7-27-15/h3-10H,1-2H3,(H,21,22)(H,23,24,25). The molecule has 2 N–H and O–H groups in total. The van der Waals surface area contributed by atoms with Gasteiger partial charge < -0.3 is 19.1 Å². The zero-order chi connectivity index (χ0) is 20.0. The lowest BCUT2D eigenvalue weighted by Gasteiger charge is -2.08. The van der Waals surface area contributed by atoms with Crippen LogP contribution in [-0.2, 0) is 0 Å². The van der Waals surface area contributed by atoms with E-state index in [0.717, 1.165) is 27.5 Å². The quantitative estimate of drug-likeness (QED) is 0.386. The van der Waals surface area contributed by atoms with Crippen molar-refractivity contribution < 1.29 is 9.15 Å². The number of fused-ring (bicyclic) bond motifs is 2. The minimum atomic E-state index is -0.167. The van der Waals surface area contributed by atoms with Gasteiger partial charge in [0.1, 0.15) is 22.2 Å². The van der Waals surface area contributed by atoms with Crippen LogP contribution in [0.3, 0.4) is 0 Å². The minimum Gasteiger partial charge on any atom is -0.497 e. The molecule has 9 heteroatoms. The Morgan fingerprint density at radius 1 is 1.24 bits per heavy atom. The van der Waals surface area contributed by atoms with Crippen LogP contribution in [0.25, 0.3) is 32.6 Å². The summed E-state index contributed by atoms with van der Waals surface area (Å²) in [5.41, 5.74) is 2.36. The normalized spacial score (nSPS) is 12.6. The largest absolute Gasteiger partial charge is 0.497 e. The number of benzene rings is 1. The first-order valence-corrected chi connectivity index (χ1v) is 10.6. The van der Waals surface area contributed by atoms with E-state index in [0.29, 0.717) is 21.8 Å². The molecular weight excluding hydrogens is 408 g/mol. The summed E-state index contributed by atoms with van der Waals surface area (Å²) in [5.74, 6) is 2.04. The summed E-state index contributed by atoms with van der Waals surface area (Å²) in [4.78, 5) is 29.0. The third-order valence-electron chi connectivity index (χ3n) is 4.59. The molecule has 7 nitrogen and oxygen atoms in total. The van der Waals surface area contributed by atoms with Crippen molar-refractivity contribution in [3.8, 4) is 17.1 Å². The highest BCUT2D eigenvalue weighted by Crippen LogP contribution is 2.35. The van der Waals surface area contributed by atoms with Crippen molar-refractivity contribution in [3.05, 3.63) is 58.2 Å². The van der Waals surface area contributed by atoms with Crippen LogP contribution in [0.15, 0.2) is 56.3 Å². The number of nitrogens with one attached hydrogen (secondary N) is 2. The fourth-order valence-electron chi connectivity index (χ4n) is 3.14. The molecule has 0 saturated heterocycles. The molecule has 146 valence electrons. The first-order valence-electron chi connectivity index (χ1n) is 8.88. The number of ether oxygens (including phenoxy) is 1. The second-order valence-corrected chi connectivity index (χ2v) is 8.63. The molecule has 0 radical (unpaired) electrons. The van der Waals surface area contributed by atoms with Crippen molar-refractivity contribution in [2.75, 3.05) is 7.11 Å². The topological polar surface area (TPSA) is 96.8 Å². The average Bonchev–Trinajstić information content (AvgIpc) is 3.45. The van der Waals surface area contributed by atoms with Crippen LogP contribution in [0.5, 0.6) is 5.75 Å². The third-order valence-corrected chi connectivity index (χ3v) is 6.46. The van der Waals surface area contributed by atoms with Gasteiger partial charge in [0.2, 0.25) is 0 Å². The number of H-pyrrole nitrogens is 2. The maximum atomic E-state index is 12.8. The monoisotopic (exact) mass is 424 g/mol. The molecule has 1 unspecified atom stereocenters. The van der Waals surface area contributed by atoms with E-state index in [-0.39, 0.29) is 10.8 Å². The molecule has 4 aromatic heterocycles. The summed E-state index contributed by atoms with van der Waals surface area (Å²) in [7, 11) is 1.63. The van der Waals surface area contributed by atoms with Crippen molar-refractivity contribution in [2.45, 2.75) is 17.3 Å². The van der Waals surface area contributed by atoms with Gasteiger partial charge in [-0.3, -0.25) is 4.79 Å². The lowest BCUT2D eigenvalue weighted by Crippen LogP contribution is -2.12. The van der Waals surface area contributed by atoms with E-state index in [4.69, 9.17) is 9.15 Å². The SMILES string of the molecule is COc1ccc2nc(SC(C)c3nc4scc(-c5ccco5)c4c(=O)[nH]3)[nH]c2c1. The molecule has 0 bridgehead atoms. The van der Waals surface area contributed by atoms with Crippen LogP contribution in [0.2, 0.25) is 0 Å². The van der Waals surface area contributed by atoms with Gasteiger partial charge in [-0.2, -0.15) is 0 Å². The van der Waals surface area contributed by atoms with Crippen molar-refractivity contribution in [1.29, 1.82) is 0 Å². The van der Waals surface area contributed by atoms with Gasteiger partial charge in [-0.25, -0.2) is 9.97 Å². The van der Waals surface area contributed by atoms with Crippen LogP contribution < -0.4 is 10.3 Å². The highest BCUT2D eigenvalue weighted by atomic mass is 32.2. The highest BCUT2D eigenvalue weighted by Gasteiger charge is 2.18. The molecule has 0 aliphatic rings. The predicted octanol–water partition coefficient (Wildman–Crippen LogP) is 4.98. The molecule has 0 aliphatic heterocycles. The Hall–Kier alpha value is -3.04. The van der Waals surface area contributed by atoms with Crippen molar-refractivity contribution in [3.63, 3.8) is 0 Å². The number of thiophene rings is 1. The Bertz CT molecular complexity index is 1370. The van der Waals surface area contributed by atoms with Gasteiger partial charge in [0, 0.05) is 17.0 Å². The number of furan rings is 1. The molecule has 1 atom stereocenters. The fraction of sp³-hybridized carbons (Fsp3) is 0.150. The number of hydrogen-bond acceptors (Lipinski definition) is 7. The Labute approximate surface area is 173 Å². The van der Waals surface area contributed by atoms with Crippen molar-refractivity contribution in [1.82, 2.24) is 19.9 Å². The number of methoxy groups -OCH3 is 1. The highest BCUT2D eigenvalue weighted by molar-refractivity contribution is 7.99. The smallest absolute Gasteiger partial charge is 0.260 e. The van der Waals surface area contributed by atoms with Gasteiger partial charge in [-0.05, 0) is 31.2 Å². The first-order chi connectivity index (χ1) is 14.1. The van der Waals surface area contributed by atoms with Gasteiger partial charge in [-0.15, -0.1) is 11.3 Å². The lowest BCUT2D eigenvalue weighted by atomic mass is 10.2. The van der Waals surface area contributed by atoms with Gasteiger partial charge >= 0.3 is 0 Å². The molecule has 29 heavy (non-hydrogen) atoms. The Morgan fingerprint density at radius 3 is 2.93 bits per heavy atom. The van der Waals surface area contributed by atoms with E-state index in [1.165, 1.54) is 23.1 Å². The molecule has 4 heterocycles. The van der Waals surface area contributed by atoms with Crippen LogP contribution in [-0.4, -0.2) is 27.0 Å². The molecule has 0 aliphatic carbocycles. The number of hydrogen-bond donors (Lipinski definition) is 2. The van der Waals surface area contributed by atoms with Gasteiger partial charge in [-0.1, -0.05) is 11.8 Å². The zero-order valence-corrected chi connectivity index (χ0v) is 17.2. The molecular formula is C20H16N4O3S2. The molecule has 5 aromatic rings. The Morgan fingerprint density at radius 2 is 2.14 bits per heavy atom. The number of rotatable bonds is 5. The summed E-state index contributed by atoms with van der Waals surface area (Å²) >= 11 is 2.94. The first kappa shape index (κ1) is 18.0. The fourth-order valence-corrected chi connectivity index (χ4v) is 4.96. The number of nitrogens with zero attached hydrogens (tertiary/aromatic N) is 2. The van der Waals surface area contributed by atoms with E-state index in [2.05, 4.69) is 19.9 Å². The number of imidazole rings is 1. The van der Waals surface area contributed by atoms with Crippen molar-refractivity contribution >= 4 is 44.3 Å². The molecule has 1 aromatic carbocycles. The van der Waals surface area contributed by atoms with E-state index in [1.54, 1.807) is 19.4 Å². The number of thioether (sulfide) groups is 1. The molecule has 0 amide bonds. The summed E-state index contributed by atoms with van der Waals surface area (Å²) in [6.07, 6.45) is 1.59. The van der Waals surface area contributed by atoms with Gasteiger partial charge in [0.15, 0.2) is 5.16 Å². The molecule has 5 rings (SSSR count). The number of aromatic nitrogens is 4. The second-order valence-electron chi connectivity index (χ2n) is 6.44. The van der Waals surface area contributed by atoms with Gasteiger partial charge in [0.05, 0.1) is 35.0 Å². The average molecular weight is 425 g/mol. The third kappa shape index (κ3) is 3.22. The zero-order valence-electron chi connectivity index (χ0n) is 15.6. The van der Waals surface area contributed by atoms with E-state index in [9.17, 15) is 4.79 Å². The molecule has 0 saturated carbocycles. The van der Waals surface area contributed by atoms with E-state index >= 15 is 0 Å². The van der Waals surface area contributed by atoms with Crippen LogP contribution in [0.1, 0.15) is 18.0 Å². The maximum absolute atomic E-state index is 12.8. The summed E-state index contributed by atoms with van der Waals surface area (Å²) in [6.45, 7) is 1.99. The summed E-state index contributed by atoms with van der Waals surface area (Å²) in [5, 5.41) is 3.12. The van der Waals surface area contributed by atoms with Crippen LogP contribution >= 0.6 is 23.1 Å².